The van der Waals surface area contributed by atoms with Crippen LogP contribution in [0.4, 0.5) is 0 Å². The van der Waals surface area contributed by atoms with Gasteiger partial charge in [0.05, 0.1) is 5.33 Å². The molecule has 1 aromatic carbocycles. The van der Waals surface area contributed by atoms with Crippen molar-refractivity contribution in [2.75, 3.05) is 0 Å². The molecule has 2 nitrogen and oxygen atoms in total. The number of hydrogen-bond acceptors (Lipinski definition) is 2. The number of rotatable bonds is 2. The molecule has 0 unspecified atom stereocenters. The lowest BCUT2D eigenvalue weighted by Gasteiger charge is -1.98. The van der Waals surface area contributed by atoms with Crippen molar-refractivity contribution in [3.05, 3.63) is 41.5 Å². The summed E-state index contributed by atoms with van der Waals surface area (Å²) in [5.74, 6) is 1.59. The summed E-state index contributed by atoms with van der Waals surface area (Å²) in [6.07, 6.45) is 0. The van der Waals surface area contributed by atoms with Gasteiger partial charge < -0.3 is 4.42 Å². The quantitative estimate of drug-likeness (QED) is 0.771. The lowest BCUT2D eigenvalue weighted by atomic mass is 10.1. The maximum atomic E-state index is 5.49. The highest BCUT2D eigenvalue weighted by molar-refractivity contribution is 9.08. The number of halogens is 1. The minimum Gasteiger partial charge on any atom is -0.444 e. The molecule has 2 rings (SSSR count). The normalized spacial score (nSPS) is 10.6. The fourth-order valence-electron chi connectivity index (χ4n) is 1.50. The zero-order chi connectivity index (χ0) is 10.8. The lowest BCUT2D eigenvalue weighted by molar-refractivity contribution is 0.492. The van der Waals surface area contributed by atoms with Crippen LogP contribution in [-0.4, -0.2) is 4.98 Å². The molecule has 0 radical (unpaired) electrons. The highest BCUT2D eigenvalue weighted by Crippen LogP contribution is 2.25. The van der Waals surface area contributed by atoms with E-state index in [1.54, 1.807) is 0 Å². The minimum atomic E-state index is 0.692. The van der Waals surface area contributed by atoms with Gasteiger partial charge in [-0.1, -0.05) is 45.8 Å². The topological polar surface area (TPSA) is 26.0 Å². The van der Waals surface area contributed by atoms with Crippen LogP contribution in [0.25, 0.3) is 11.3 Å². The average molecular weight is 266 g/mol. The molecule has 78 valence electrons. The third-order valence-corrected chi connectivity index (χ3v) is 2.76. The number of alkyl halides is 1. The Morgan fingerprint density at radius 1 is 1.20 bits per heavy atom. The molecule has 0 saturated heterocycles. The van der Waals surface area contributed by atoms with E-state index in [0.717, 1.165) is 17.0 Å². The second-order valence-corrected chi connectivity index (χ2v) is 4.07. The van der Waals surface area contributed by atoms with Crippen LogP contribution >= 0.6 is 15.9 Å². The van der Waals surface area contributed by atoms with Crippen molar-refractivity contribution in [2.45, 2.75) is 19.2 Å². The van der Waals surface area contributed by atoms with Gasteiger partial charge in [-0.25, -0.2) is 4.98 Å². The Morgan fingerprint density at radius 3 is 2.47 bits per heavy atom. The Morgan fingerprint density at radius 2 is 1.87 bits per heavy atom. The summed E-state index contributed by atoms with van der Waals surface area (Å²) < 4.78 is 5.49. The zero-order valence-corrected chi connectivity index (χ0v) is 10.3. The molecule has 0 aliphatic heterocycles. The Bertz CT molecular complexity index is 459. The molecule has 3 heteroatoms. The Hall–Kier alpha value is -1.09. The van der Waals surface area contributed by atoms with Gasteiger partial charge >= 0.3 is 0 Å². The van der Waals surface area contributed by atoms with E-state index >= 15 is 0 Å². The second kappa shape index (κ2) is 4.19. The summed E-state index contributed by atoms with van der Waals surface area (Å²) in [5, 5.41) is 0.692. The number of nitrogens with zero attached hydrogens (tertiary/aromatic N) is 1. The van der Waals surface area contributed by atoms with Gasteiger partial charge in [-0.15, -0.1) is 0 Å². The van der Waals surface area contributed by atoms with Crippen molar-refractivity contribution in [1.29, 1.82) is 0 Å². The molecular weight excluding hydrogens is 254 g/mol. The monoisotopic (exact) mass is 265 g/mol. The van der Waals surface area contributed by atoms with E-state index in [1.165, 1.54) is 5.56 Å². The average Bonchev–Trinajstić information content (AvgIpc) is 2.61. The molecular formula is C12H12BrNO. The lowest BCUT2D eigenvalue weighted by Crippen LogP contribution is -1.83. The van der Waals surface area contributed by atoms with Crippen molar-refractivity contribution in [3.8, 4) is 11.3 Å². The van der Waals surface area contributed by atoms with Gasteiger partial charge in [0.25, 0.3) is 0 Å². The first-order valence-electron chi connectivity index (χ1n) is 4.80. The molecule has 0 aliphatic rings. The fraction of sp³-hybridized carbons (Fsp3) is 0.250. The van der Waals surface area contributed by atoms with Crippen LogP contribution in [0.2, 0.25) is 0 Å². The Labute approximate surface area is 97.5 Å². The van der Waals surface area contributed by atoms with Gasteiger partial charge in [0.2, 0.25) is 0 Å². The third kappa shape index (κ3) is 2.12. The smallest absolute Gasteiger partial charge is 0.191 e. The van der Waals surface area contributed by atoms with Crippen molar-refractivity contribution in [1.82, 2.24) is 4.98 Å². The van der Waals surface area contributed by atoms with Gasteiger partial charge in [0, 0.05) is 12.5 Å². The predicted molar refractivity (Wildman–Crippen MR) is 64.0 cm³/mol. The molecule has 0 bridgehead atoms. The molecule has 0 spiro atoms. The third-order valence-electron chi connectivity index (χ3n) is 2.25. The van der Waals surface area contributed by atoms with Crippen molar-refractivity contribution in [3.63, 3.8) is 0 Å². The maximum Gasteiger partial charge on any atom is 0.191 e. The van der Waals surface area contributed by atoms with Gasteiger partial charge in [-0.2, -0.15) is 0 Å². The minimum absolute atomic E-state index is 0.692. The molecule has 2 aromatic rings. The summed E-state index contributed by atoms with van der Waals surface area (Å²) in [5.41, 5.74) is 3.29. The molecule has 0 amide bonds. The van der Waals surface area contributed by atoms with Crippen LogP contribution in [0.5, 0.6) is 0 Å². The van der Waals surface area contributed by atoms with Crippen molar-refractivity contribution < 1.29 is 4.42 Å². The summed E-state index contributed by atoms with van der Waals surface area (Å²) in [6, 6.07) is 8.30. The number of benzene rings is 1. The highest BCUT2D eigenvalue weighted by atomic mass is 79.9. The van der Waals surface area contributed by atoms with Crippen LogP contribution in [0.15, 0.2) is 28.7 Å². The van der Waals surface area contributed by atoms with Gasteiger partial charge in [-0.3, -0.25) is 0 Å². The van der Waals surface area contributed by atoms with Gasteiger partial charge in [0.15, 0.2) is 5.89 Å². The fourth-order valence-corrected chi connectivity index (χ4v) is 1.88. The number of aryl methyl sites for hydroxylation is 2. The van der Waals surface area contributed by atoms with E-state index in [4.69, 9.17) is 4.42 Å². The van der Waals surface area contributed by atoms with Crippen LogP contribution in [0.1, 0.15) is 17.2 Å². The van der Waals surface area contributed by atoms with Gasteiger partial charge in [-0.05, 0) is 6.92 Å². The molecule has 0 aliphatic carbocycles. The maximum absolute atomic E-state index is 5.49. The van der Waals surface area contributed by atoms with Crippen LogP contribution < -0.4 is 0 Å². The molecule has 0 fully saturated rings. The first kappa shape index (κ1) is 10.4. The van der Waals surface area contributed by atoms with E-state index in [1.807, 2.05) is 6.92 Å². The van der Waals surface area contributed by atoms with Crippen molar-refractivity contribution in [2.24, 2.45) is 0 Å². The first-order chi connectivity index (χ1) is 7.20. The second-order valence-electron chi connectivity index (χ2n) is 3.50. The highest BCUT2D eigenvalue weighted by Gasteiger charge is 2.11. The molecule has 1 heterocycles. The van der Waals surface area contributed by atoms with E-state index in [9.17, 15) is 0 Å². The standard InChI is InChI=1S/C12H12BrNO/c1-8-3-5-10(6-4-8)12-11(7-13)15-9(2)14-12/h3-6H,7H2,1-2H3. The Balaban J connectivity index is 2.48. The zero-order valence-electron chi connectivity index (χ0n) is 8.75. The first-order valence-corrected chi connectivity index (χ1v) is 5.92. The van der Waals surface area contributed by atoms with Gasteiger partial charge in [0.1, 0.15) is 11.5 Å². The number of oxazole rings is 1. The SMILES string of the molecule is Cc1ccc(-c2nc(C)oc2CBr)cc1. The number of hydrogen-bond donors (Lipinski definition) is 0. The van der Waals surface area contributed by atoms with E-state index in [0.29, 0.717) is 11.2 Å². The van der Waals surface area contributed by atoms with E-state index in [-0.39, 0.29) is 0 Å². The summed E-state index contributed by atoms with van der Waals surface area (Å²) in [7, 11) is 0. The van der Waals surface area contributed by atoms with E-state index in [2.05, 4.69) is 52.1 Å². The molecule has 1 aromatic heterocycles. The van der Waals surface area contributed by atoms with Crippen LogP contribution in [0, 0.1) is 13.8 Å². The van der Waals surface area contributed by atoms with E-state index < -0.39 is 0 Å². The van der Waals surface area contributed by atoms with Crippen LogP contribution in [0.3, 0.4) is 0 Å². The van der Waals surface area contributed by atoms with Crippen LogP contribution in [-0.2, 0) is 5.33 Å². The summed E-state index contributed by atoms with van der Waals surface area (Å²) in [6.45, 7) is 3.94. The molecule has 0 saturated carbocycles. The predicted octanol–water partition coefficient (Wildman–Crippen LogP) is 3.85. The molecule has 0 N–H and O–H groups in total. The summed E-state index contributed by atoms with van der Waals surface area (Å²) >= 11 is 3.40. The largest absolute Gasteiger partial charge is 0.444 e. The summed E-state index contributed by atoms with van der Waals surface area (Å²) in [4.78, 5) is 4.38. The van der Waals surface area contributed by atoms with Crippen molar-refractivity contribution >= 4 is 15.9 Å². The molecule has 0 atom stereocenters. The number of aromatic nitrogens is 1. The molecule has 15 heavy (non-hydrogen) atoms. The Kier molecular flexibility index (Phi) is 2.91.